The van der Waals surface area contributed by atoms with Gasteiger partial charge in [0.15, 0.2) is 0 Å². The summed E-state index contributed by atoms with van der Waals surface area (Å²) in [6, 6.07) is 9.19. The summed E-state index contributed by atoms with van der Waals surface area (Å²) in [6.07, 6.45) is 0.616. The second-order valence-electron chi connectivity index (χ2n) is 5.88. The van der Waals surface area contributed by atoms with E-state index in [1.165, 1.54) is 14.0 Å². The lowest BCUT2D eigenvalue weighted by Crippen LogP contribution is -2.51. The van der Waals surface area contributed by atoms with Crippen molar-refractivity contribution >= 4 is 11.9 Å². The fraction of sp³-hybridized carbons (Fsp3) is 0.529. The van der Waals surface area contributed by atoms with E-state index in [-0.39, 0.29) is 6.61 Å². The fourth-order valence-electron chi connectivity index (χ4n) is 2.41. The number of amides is 3. The molecule has 2 N–H and O–H groups in total. The molecule has 3 amide bonds. The third kappa shape index (κ3) is 4.31. The topological polar surface area (TPSA) is 85.9 Å². The van der Waals surface area contributed by atoms with Crippen molar-refractivity contribution < 1.29 is 23.8 Å². The molecule has 132 valence electrons. The summed E-state index contributed by atoms with van der Waals surface area (Å²) in [5.41, 5.74) is 0.339. The Hall–Kier alpha value is -1.96. The standard InChI is InChI=1S/C17H24N2O5/c1-4-17(11-22-10-13-8-6-5-7-9-13)12-23-16(2,24-17)14(20)19-15(21)18-3/h5-9H,4,10-12H2,1-3H3,(H2,18,19,20,21). The molecule has 1 saturated heterocycles. The Balaban J connectivity index is 1.93. The lowest BCUT2D eigenvalue weighted by atomic mass is 10.0. The Morgan fingerprint density at radius 1 is 1.29 bits per heavy atom. The molecule has 1 aromatic rings. The number of hydrogen-bond donors (Lipinski definition) is 2. The maximum absolute atomic E-state index is 12.2. The van der Waals surface area contributed by atoms with E-state index in [2.05, 4.69) is 10.6 Å². The Morgan fingerprint density at radius 2 is 2.00 bits per heavy atom. The first-order valence-corrected chi connectivity index (χ1v) is 7.92. The Kier molecular flexibility index (Phi) is 5.93. The van der Waals surface area contributed by atoms with Crippen LogP contribution in [0.1, 0.15) is 25.8 Å². The summed E-state index contributed by atoms with van der Waals surface area (Å²) in [7, 11) is 1.43. The van der Waals surface area contributed by atoms with Gasteiger partial charge in [-0.25, -0.2) is 4.79 Å². The van der Waals surface area contributed by atoms with Gasteiger partial charge >= 0.3 is 6.03 Å². The molecular weight excluding hydrogens is 312 g/mol. The van der Waals surface area contributed by atoms with Gasteiger partial charge in [0, 0.05) is 7.05 Å². The van der Waals surface area contributed by atoms with Crippen LogP contribution >= 0.6 is 0 Å². The fourth-order valence-corrected chi connectivity index (χ4v) is 2.41. The number of ether oxygens (including phenoxy) is 3. The van der Waals surface area contributed by atoms with Crippen LogP contribution in [0, 0.1) is 0 Å². The highest BCUT2D eigenvalue weighted by molar-refractivity contribution is 5.97. The quantitative estimate of drug-likeness (QED) is 0.823. The van der Waals surface area contributed by atoms with E-state index in [4.69, 9.17) is 14.2 Å². The number of urea groups is 1. The summed E-state index contributed by atoms with van der Waals surface area (Å²) in [4.78, 5) is 23.5. The van der Waals surface area contributed by atoms with E-state index in [9.17, 15) is 9.59 Å². The van der Waals surface area contributed by atoms with Crippen molar-refractivity contribution in [2.24, 2.45) is 0 Å². The molecular formula is C17H24N2O5. The van der Waals surface area contributed by atoms with Gasteiger partial charge in [0.1, 0.15) is 5.60 Å². The van der Waals surface area contributed by atoms with Crippen molar-refractivity contribution in [3.63, 3.8) is 0 Å². The van der Waals surface area contributed by atoms with Gasteiger partial charge in [-0.1, -0.05) is 37.3 Å². The van der Waals surface area contributed by atoms with Crippen molar-refractivity contribution in [1.29, 1.82) is 0 Å². The van der Waals surface area contributed by atoms with E-state index >= 15 is 0 Å². The van der Waals surface area contributed by atoms with Crippen LogP contribution < -0.4 is 10.6 Å². The molecule has 0 aliphatic carbocycles. The Morgan fingerprint density at radius 3 is 2.62 bits per heavy atom. The Bertz CT molecular complexity index is 580. The van der Waals surface area contributed by atoms with Crippen LogP contribution in [-0.2, 0) is 25.6 Å². The van der Waals surface area contributed by atoms with Gasteiger partial charge in [0.25, 0.3) is 5.91 Å². The van der Waals surface area contributed by atoms with Gasteiger partial charge in [-0.05, 0) is 18.9 Å². The average molecular weight is 336 g/mol. The monoisotopic (exact) mass is 336 g/mol. The summed E-state index contributed by atoms with van der Waals surface area (Å²) in [5, 5.41) is 4.49. The molecule has 2 unspecified atom stereocenters. The van der Waals surface area contributed by atoms with E-state index < -0.39 is 23.3 Å². The maximum atomic E-state index is 12.2. The molecule has 7 nitrogen and oxygen atoms in total. The van der Waals surface area contributed by atoms with Gasteiger partial charge in [-0.2, -0.15) is 0 Å². The molecule has 1 heterocycles. The molecule has 1 fully saturated rings. The Labute approximate surface area is 141 Å². The first-order chi connectivity index (χ1) is 11.4. The van der Waals surface area contributed by atoms with Crippen LogP contribution in [0.2, 0.25) is 0 Å². The summed E-state index contributed by atoms with van der Waals surface area (Å²) >= 11 is 0. The predicted molar refractivity (Wildman–Crippen MR) is 87.2 cm³/mol. The highest BCUT2D eigenvalue weighted by Crippen LogP contribution is 2.34. The number of nitrogens with one attached hydrogen (secondary N) is 2. The smallest absolute Gasteiger partial charge is 0.321 e. The molecule has 2 rings (SSSR count). The average Bonchev–Trinajstić information content (AvgIpc) is 2.95. The second kappa shape index (κ2) is 7.74. The van der Waals surface area contributed by atoms with E-state index in [0.29, 0.717) is 19.6 Å². The number of benzene rings is 1. The molecule has 0 radical (unpaired) electrons. The van der Waals surface area contributed by atoms with Crippen LogP contribution in [0.3, 0.4) is 0 Å². The molecule has 2 atom stereocenters. The first-order valence-electron chi connectivity index (χ1n) is 7.92. The SMILES string of the molecule is CCC1(COCc2ccccc2)COC(C)(C(=O)NC(=O)NC)O1. The van der Waals surface area contributed by atoms with Gasteiger partial charge in [0.05, 0.1) is 19.8 Å². The molecule has 0 saturated carbocycles. The lowest BCUT2D eigenvalue weighted by molar-refractivity contribution is -0.195. The minimum absolute atomic E-state index is 0.218. The molecule has 0 aromatic heterocycles. The van der Waals surface area contributed by atoms with Crippen LogP contribution in [0.4, 0.5) is 4.79 Å². The highest BCUT2D eigenvalue weighted by atomic mass is 16.8. The number of carbonyl (C=O) groups is 2. The molecule has 0 spiro atoms. The van der Waals surface area contributed by atoms with E-state index in [0.717, 1.165) is 5.56 Å². The maximum Gasteiger partial charge on any atom is 0.321 e. The van der Waals surface area contributed by atoms with Crippen molar-refractivity contribution in [2.45, 2.75) is 38.3 Å². The number of hydrogen-bond acceptors (Lipinski definition) is 5. The number of imide groups is 1. The minimum atomic E-state index is -1.52. The van der Waals surface area contributed by atoms with Crippen molar-refractivity contribution in [1.82, 2.24) is 10.6 Å². The molecule has 24 heavy (non-hydrogen) atoms. The lowest BCUT2D eigenvalue weighted by Gasteiger charge is -2.28. The van der Waals surface area contributed by atoms with E-state index in [1.807, 2.05) is 37.3 Å². The molecule has 1 aliphatic heterocycles. The van der Waals surface area contributed by atoms with Gasteiger partial charge in [-0.15, -0.1) is 0 Å². The van der Waals surface area contributed by atoms with Crippen molar-refractivity contribution in [3.8, 4) is 0 Å². The largest absolute Gasteiger partial charge is 0.374 e. The van der Waals surface area contributed by atoms with Crippen LogP contribution in [-0.4, -0.2) is 43.6 Å². The molecule has 7 heteroatoms. The summed E-state index contributed by atoms with van der Waals surface area (Å²) < 4.78 is 17.2. The normalized spacial score (nSPS) is 26.1. The van der Waals surface area contributed by atoms with Gasteiger partial charge in [0.2, 0.25) is 5.79 Å². The number of rotatable bonds is 6. The van der Waals surface area contributed by atoms with Crippen LogP contribution in [0.5, 0.6) is 0 Å². The molecule has 1 aromatic carbocycles. The zero-order valence-electron chi connectivity index (χ0n) is 14.3. The zero-order chi connectivity index (χ0) is 17.6. The van der Waals surface area contributed by atoms with Gasteiger partial charge < -0.3 is 19.5 Å². The van der Waals surface area contributed by atoms with Crippen molar-refractivity contribution in [3.05, 3.63) is 35.9 Å². The molecule has 1 aliphatic rings. The number of carbonyl (C=O) groups excluding carboxylic acids is 2. The second-order valence-corrected chi connectivity index (χ2v) is 5.88. The van der Waals surface area contributed by atoms with Crippen LogP contribution in [0.15, 0.2) is 30.3 Å². The third-order valence-corrected chi connectivity index (χ3v) is 4.01. The summed E-state index contributed by atoms with van der Waals surface area (Å²) in [5.74, 6) is -2.15. The first kappa shape index (κ1) is 18.4. The summed E-state index contributed by atoms with van der Waals surface area (Å²) in [6.45, 7) is 4.40. The van der Waals surface area contributed by atoms with Crippen LogP contribution in [0.25, 0.3) is 0 Å². The van der Waals surface area contributed by atoms with Gasteiger partial charge in [-0.3, -0.25) is 10.1 Å². The van der Waals surface area contributed by atoms with Crippen molar-refractivity contribution in [2.75, 3.05) is 20.3 Å². The van der Waals surface area contributed by atoms with E-state index in [1.54, 1.807) is 0 Å². The third-order valence-electron chi connectivity index (χ3n) is 4.01. The predicted octanol–water partition coefficient (Wildman–Crippen LogP) is 1.57. The minimum Gasteiger partial charge on any atom is -0.374 e. The molecule has 0 bridgehead atoms. The zero-order valence-corrected chi connectivity index (χ0v) is 14.3. The highest BCUT2D eigenvalue weighted by Gasteiger charge is 2.52.